The third-order valence-electron chi connectivity index (χ3n) is 6.52. The molecule has 1 aliphatic heterocycles. The van der Waals surface area contributed by atoms with Gasteiger partial charge in [0.15, 0.2) is 12.1 Å². The summed E-state index contributed by atoms with van der Waals surface area (Å²) in [5.74, 6) is -1.53. The number of amides is 2. The maximum Gasteiger partial charge on any atom is 0.408 e. The van der Waals surface area contributed by atoms with Gasteiger partial charge in [0.1, 0.15) is 49.7 Å². The largest absolute Gasteiger partial charge is 1.00 e. The highest BCUT2D eigenvalue weighted by Crippen LogP contribution is 2.10. The van der Waals surface area contributed by atoms with Crippen molar-refractivity contribution in [3.63, 3.8) is 0 Å². The first kappa shape index (κ1) is 51.7. The van der Waals surface area contributed by atoms with Crippen LogP contribution in [0, 0.1) is 0 Å². The van der Waals surface area contributed by atoms with E-state index in [0.717, 1.165) is 35.1 Å². The van der Waals surface area contributed by atoms with Crippen LogP contribution in [0.3, 0.4) is 0 Å². The van der Waals surface area contributed by atoms with Crippen LogP contribution in [0.2, 0.25) is 0 Å². The molecule has 2 atom stereocenters. The molecule has 56 heavy (non-hydrogen) atoms. The summed E-state index contributed by atoms with van der Waals surface area (Å²) >= 11 is 10.3. The molecule has 19 heteroatoms. The average molecular weight is 854 g/mol. The number of alkyl carbamates (subject to hydrolysis) is 2. The lowest BCUT2D eigenvalue weighted by Crippen LogP contribution is -3.00. The summed E-state index contributed by atoms with van der Waals surface area (Å²) in [6.07, 6.45) is -1.66. The first-order valence-electron chi connectivity index (χ1n) is 17.0. The van der Waals surface area contributed by atoms with Crippen molar-refractivity contribution in [2.75, 3.05) is 40.4 Å². The normalized spacial score (nSPS) is 13.2. The number of likely N-dealkylation sites (N-methyl/N-ethyl adjacent to an activating group) is 2. The lowest BCUT2D eigenvalue weighted by molar-refractivity contribution is -0.484. The van der Waals surface area contributed by atoms with E-state index in [1.807, 2.05) is 53.9 Å². The summed E-state index contributed by atoms with van der Waals surface area (Å²) in [5.41, 5.74) is 1.11. The summed E-state index contributed by atoms with van der Waals surface area (Å²) < 4.78 is 55.7. The highest BCUT2D eigenvalue weighted by atomic mass is 35.5. The number of hydrogen-bond acceptors (Lipinski definition) is 12. The number of rotatable bonds is 14. The van der Waals surface area contributed by atoms with Gasteiger partial charge in [0.25, 0.3) is 0 Å². The van der Waals surface area contributed by atoms with Crippen LogP contribution in [0.15, 0.2) is 60.7 Å². The van der Waals surface area contributed by atoms with Crippen LogP contribution < -0.4 is 23.0 Å². The highest BCUT2D eigenvalue weighted by Gasteiger charge is 2.28. The lowest BCUT2D eigenvalue weighted by Gasteiger charge is -2.22. The maximum atomic E-state index is 12.2. The van der Waals surface area contributed by atoms with Gasteiger partial charge in [0.2, 0.25) is 0 Å². The van der Waals surface area contributed by atoms with E-state index < -0.39 is 60.6 Å². The monoisotopic (exact) mass is 852 g/mol. The summed E-state index contributed by atoms with van der Waals surface area (Å²) in [4.78, 5) is 49.6. The van der Waals surface area contributed by atoms with Crippen LogP contribution in [-0.2, 0) is 51.2 Å². The molecular weight excluding hydrogens is 801 g/mol. The zero-order chi connectivity index (χ0) is 41.6. The highest BCUT2D eigenvalue weighted by molar-refractivity contribution is 7.78. The summed E-state index contributed by atoms with van der Waals surface area (Å²) in [5, 5.41) is 5.44. The predicted molar refractivity (Wildman–Crippen MR) is 205 cm³/mol. The van der Waals surface area contributed by atoms with Gasteiger partial charge in [-0.1, -0.05) is 60.7 Å². The average Bonchev–Trinajstić information content (AvgIpc) is 3.40. The second-order valence-corrected chi connectivity index (χ2v) is 14.3. The van der Waals surface area contributed by atoms with Gasteiger partial charge in [-0.3, -0.25) is 9.48 Å². The van der Waals surface area contributed by atoms with E-state index in [9.17, 15) is 28.0 Å². The molecule has 2 aromatic carbocycles. The van der Waals surface area contributed by atoms with Crippen molar-refractivity contribution >= 4 is 58.8 Å². The van der Waals surface area contributed by atoms with Gasteiger partial charge in [-0.05, 0) is 64.9 Å². The van der Waals surface area contributed by atoms with Gasteiger partial charge < -0.3 is 51.5 Å². The van der Waals surface area contributed by atoms with Gasteiger partial charge in [-0.15, -0.1) is 0 Å². The number of amidine groups is 1. The third-order valence-corrected chi connectivity index (χ3v) is 7.23. The molecule has 1 aliphatic rings. The number of benzene rings is 2. The molecule has 2 N–H and O–H groups in total. The molecule has 2 amide bonds. The fourth-order valence-corrected chi connectivity index (χ4v) is 4.22. The molecule has 0 unspecified atom stereocenters. The molecule has 2 aromatic rings. The number of halogens is 4. The van der Waals surface area contributed by atoms with Gasteiger partial charge in [0, 0.05) is 11.6 Å². The van der Waals surface area contributed by atoms with Crippen molar-refractivity contribution in [3.05, 3.63) is 71.8 Å². The molecule has 1 heterocycles. The Labute approximate surface area is 343 Å². The lowest BCUT2D eigenvalue weighted by atomic mass is 10.2. The minimum atomic E-state index is -3.07. The Balaban J connectivity index is 0.000000887. The van der Waals surface area contributed by atoms with Crippen LogP contribution in [0.5, 0.6) is 0 Å². The van der Waals surface area contributed by atoms with Crippen molar-refractivity contribution in [2.45, 2.75) is 84.7 Å². The number of carbonyl (C=O) groups excluding carboxylic acids is 4. The Morgan fingerprint density at radius 3 is 1.54 bits per heavy atom. The number of hydrogen-bond donors (Lipinski definition) is 2. The molecule has 0 bridgehead atoms. The van der Waals surface area contributed by atoms with Gasteiger partial charge in [0.05, 0.1) is 20.7 Å². The van der Waals surface area contributed by atoms with Crippen molar-refractivity contribution in [1.82, 2.24) is 15.5 Å². The molecule has 314 valence electrons. The molecule has 3 rings (SSSR count). The summed E-state index contributed by atoms with van der Waals surface area (Å²) in [7, 11) is 3.98. The first-order valence-corrected chi connectivity index (χ1v) is 17.9. The summed E-state index contributed by atoms with van der Waals surface area (Å²) in [6, 6.07) is 15.6. The Morgan fingerprint density at radius 2 is 1.23 bits per heavy atom. The van der Waals surface area contributed by atoms with E-state index in [0.29, 0.717) is 0 Å². The van der Waals surface area contributed by atoms with Crippen LogP contribution in [0.1, 0.15) is 52.7 Å². The number of nitrogens with zero attached hydrogens (tertiary/aromatic N) is 2. The van der Waals surface area contributed by atoms with Crippen LogP contribution in [-0.4, -0.2) is 115 Å². The zero-order valence-electron chi connectivity index (χ0n) is 32.7. The summed E-state index contributed by atoms with van der Waals surface area (Å²) in [6.45, 7) is 8.28. The number of nitrogens with one attached hydrogen (secondary N) is 2. The molecule has 0 fully saturated rings. The first-order chi connectivity index (χ1) is 25.7. The maximum absolute atomic E-state index is 12.2. The van der Waals surface area contributed by atoms with Crippen molar-refractivity contribution in [3.8, 4) is 0 Å². The molecular formula is C37H52Cl2F2N4O10S. The number of ether oxygens (including phenoxy) is 6. The van der Waals surface area contributed by atoms with Gasteiger partial charge >= 0.3 is 36.0 Å². The standard InChI is InChI=1S/C16H21F2NO5.C16H21NO5S.C5H10ClN2.ClH/c1-16(2,3)24-15(21)19-12(10-23-14(17)18)13(20)22-9-11-7-5-4-6-8-11;1-16(2,3)22-15(19)17-13(10-20-11-23)14(18)21-9-12-7-5-4-6-8-12;1-7-3-4-8(2)5(7)6;/h4-8,12,14H,9-10H2,1-3H3,(H,19,21);4-8,11,13H,9-10H2,1-3H3,(H,17,19);3-4H2,1-2H3;1H/q;;+1;/p-1/t12-;13-;;/m00../s1. The molecule has 0 radical (unpaired) electrons. The number of esters is 2. The Bertz CT molecular complexity index is 1530. The van der Waals surface area contributed by atoms with Crippen LogP contribution in [0.25, 0.3) is 0 Å². The second kappa shape index (κ2) is 26.5. The fourth-order valence-electron chi connectivity index (χ4n) is 3.98. The molecule has 0 spiro atoms. The minimum absolute atomic E-state index is 0. The Morgan fingerprint density at radius 1 is 0.821 bits per heavy atom. The van der Waals surface area contributed by atoms with E-state index in [-0.39, 0.29) is 32.2 Å². The molecule has 14 nitrogen and oxygen atoms in total. The van der Waals surface area contributed by atoms with Crippen molar-refractivity contribution in [1.29, 1.82) is 0 Å². The van der Waals surface area contributed by atoms with Crippen LogP contribution in [0.4, 0.5) is 18.4 Å². The van der Waals surface area contributed by atoms with E-state index >= 15 is 0 Å². The molecule has 0 saturated carbocycles. The quantitative estimate of drug-likeness (QED) is 0.0945. The predicted octanol–water partition coefficient (Wildman–Crippen LogP) is 2.63. The van der Waals surface area contributed by atoms with E-state index in [4.69, 9.17) is 35.3 Å². The Hall–Kier alpha value is -4.32. The van der Waals surface area contributed by atoms with E-state index in [2.05, 4.69) is 27.6 Å². The number of carbonyl (C=O) groups is 4. The topological polar surface area (TPSA) is 154 Å². The van der Waals surface area contributed by atoms with Gasteiger partial charge in [-0.2, -0.15) is 8.78 Å². The zero-order valence-corrected chi connectivity index (χ0v) is 35.1. The number of thiocarbonyl (C=S) groups is 1. The smallest absolute Gasteiger partial charge is 0.408 e. The van der Waals surface area contributed by atoms with Crippen LogP contribution >= 0.6 is 23.8 Å². The van der Waals surface area contributed by atoms with E-state index in [1.165, 1.54) is 0 Å². The van der Waals surface area contributed by atoms with Gasteiger partial charge in [-0.25, -0.2) is 19.2 Å². The fraction of sp³-hybridized carbons (Fsp3) is 0.514. The van der Waals surface area contributed by atoms with Crippen molar-refractivity contribution in [2.24, 2.45) is 0 Å². The molecule has 0 saturated heterocycles. The minimum Gasteiger partial charge on any atom is -1.00 e. The number of alkyl halides is 2. The molecule has 0 aliphatic carbocycles. The Kier molecular flexibility index (Phi) is 24.5. The second-order valence-electron chi connectivity index (χ2n) is 13.7. The van der Waals surface area contributed by atoms with E-state index in [1.54, 1.807) is 71.9 Å². The van der Waals surface area contributed by atoms with Crippen molar-refractivity contribution < 1.29 is 73.4 Å². The third kappa shape index (κ3) is 24.2. The SMILES string of the molecule is CC(C)(C)OC(=O)N[C@@H](COC(F)F)C(=O)OCc1ccccc1.CC(C)(C)OC(=O)N[C@@H](COC=S)C(=O)OCc1ccccc1.CN1CC[N+](C)=C1Cl.[Cl-]. The molecule has 0 aromatic heterocycles.